The first-order chi connectivity index (χ1) is 13.7. The summed E-state index contributed by atoms with van der Waals surface area (Å²) in [6, 6.07) is 13.2. The number of amides is 1. The van der Waals surface area contributed by atoms with Gasteiger partial charge < -0.3 is 5.32 Å². The van der Waals surface area contributed by atoms with Crippen molar-refractivity contribution in [3.05, 3.63) is 88.4 Å². The van der Waals surface area contributed by atoms with Gasteiger partial charge in [-0.25, -0.2) is 17.2 Å². The van der Waals surface area contributed by atoms with Gasteiger partial charge in [0.15, 0.2) is 0 Å². The second kappa shape index (κ2) is 8.18. The van der Waals surface area contributed by atoms with Crippen LogP contribution in [-0.4, -0.2) is 14.3 Å². The Morgan fingerprint density at radius 3 is 2.17 bits per heavy atom. The van der Waals surface area contributed by atoms with E-state index in [2.05, 4.69) is 10.0 Å². The summed E-state index contributed by atoms with van der Waals surface area (Å²) in [6.45, 7) is 1.83. The number of nitrogens with one attached hydrogen (secondary N) is 2. The van der Waals surface area contributed by atoms with E-state index in [1.165, 1.54) is 36.4 Å². The Labute approximate surface area is 171 Å². The summed E-state index contributed by atoms with van der Waals surface area (Å²) in [5.74, 6) is -2.65. The van der Waals surface area contributed by atoms with Gasteiger partial charge in [-0.1, -0.05) is 35.4 Å². The zero-order valence-electron chi connectivity index (χ0n) is 15.0. The van der Waals surface area contributed by atoms with Crippen molar-refractivity contribution in [3.8, 4) is 0 Å². The van der Waals surface area contributed by atoms with E-state index < -0.39 is 33.3 Å². The summed E-state index contributed by atoms with van der Waals surface area (Å²) >= 11 is 6.10. The third kappa shape index (κ3) is 4.72. The molecule has 0 spiro atoms. The van der Waals surface area contributed by atoms with Crippen LogP contribution in [0.15, 0.2) is 65.6 Å². The van der Waals surface area contributed by atoms with Gasteiger partial charge in [0.2, 0.25) is 0 Å². The Kier molecular flexibility index (Phi) is 5.86. The van der Waals surface area contributed by atoms with Crippen LogP contribution in [0.4, 0.5) is 20.2 Å². The molecule has 0 aromatic heterocycles. The molecule has 3 rings (SSSR count). The van der Waals surface area contributed by atoms with E-state index in [1.54, 1.807) is 12.1 Å². The molecule has 0 aliphatic rings. The highest BCUT2D eigenvalue weighted by Gasteiger charge is 2.18. The van der Waals surface area contributed by atoms with Gasteiger partial charge in [-0.3, -0.25) is 9.52 Å². The number of benzene rings is 3. The Morgan fingerprint density at radius 2 is 1.59 bits per heavy atom. The number of halogens is 3. The normalized spacial score (nSPS) is 11.2. The molecule has 2 N–H and O–H groups in total. The monoisotopic (exact) mass is 436 g/mol. The van der Waals surface area contributed by atoms with Crippen LogP contribution in [0.2, 0.25) is 5.02 Å². The lowest BCUT2D eigenvalue weighted by Crippen LogP contribution is -2.16. The summed E-state index contributed by atoms with van der Waals surface area (Å²) in [5.41, 5.74) is 0.373. The highest BCUT2D eigenvalue weighted by atomic mass is 35.5. The number of hydrogen-bond donors (Lipinski definition) is 2. The SMILES string of the molecule is Cc1ccc(S(=O)(=O)Nc2ccc(C(=O)Nc3c(F)cccc3F)cc2Cl)cc1. The van der Waals surface area contributed by atoms with E-state index in [-0.39, 0.29) is 21.2 Å². The molecule has 1 amide bonds. The molecule has 29 heavy (non-hydrogen) atoms. The maximum Gasteiger partial charge on any atom is 0.261 e. The second-order valence-electron chi connectivity index (χ2n) is 6.16. The van der Waals surface area contributed by atoms with Gasteiger partial charge in [-0.2, -0.15) is 0 Å². The molecule has 0 bridgehead atoms. The molecule has 0 saturated carbocycles. The maximum atomic E-state index is 13.7. The van der Waals surface area contributed by atoms with Crippen molar-refractivity contribution in [2.24, 2.45) is 0 Å². The molecule has 0 fully saturated rings. The Balaban J connectivity index is 1.81. The van der Waals surface area contributed by atoms with Gasteiger partial charge in [-0.15, -0.1) is 0 Å². The third-order valence-corrected chi connectivity index (χ3v) is 5.70. The highest BCUT2D eigenvalue weighted by molar-refractivity contribution is 7.92. The topological polar surface area (TPSA) is 75.3 Å². The fourth-order valence-electron chi connectivity index (χ4n) is 2.46. The summed E-state index contributed by atoms with van der Waals surface area (Å²) < 4.78 is 54.6. The number of sulfonamides is 1. The molecule has 0 atom stereocenters. The largest absolute Gasteiger partial charge is 0.317 e. The van der Waals surface area contributed by atoms with Crippen molar-refractivity contribution in [1.29, 1.82) is 0 Å². The van der Waals surface area contributed by atoms with Gasteiger partial charge in [-0.05, 0) is 49.4 Å². The van der Waals surface area contributed by atoms with Crippen molar-refractivity contribution in [3.63, 3.8) is 0 Å². The van der Waals surface area contributed by atoms with Crippen LogP contribution in [-0.2, 0) is 10.0 Å². The summed E-state index contributed by atoms with van der Waals surface area (Å²) in [4.78, 5) is 12.3. The lowest BCUT2D eigenvalue weighted by molar-refractivity contribution is 0.102. The standard InChI is InChI=1S/C20H15ClF2N2O3S/c1-12-5-8-14(9-6-12)29(27,28)25-18-10-7-13(11-15(18)21)20(26)24-19-16(22)3-2-4-17(19)23/h2-11,25H,1H3,(H,24,26). The van der Waals surface area contributed by atoms with Crippen molar-refractivity contribution in [1.82, 2.24) is 0 Å². The lowest BCUT2D eigenvalue weighted by atomic mass is 10.2. The quantitative estimate of drug-likeness (QED) is 0.592. The van der Waals surface area contributed by atoms with E-state index in [0.717, 1.165) is 17.7 Å². The molecular weight excluding hydrogens is 422 g/mol. The van der Waals surface area contributed by atoms with Gasteiger partial charge in [0.25, 0.3) is 15.9 Å². The highest BCUT2D eigenvalue weighted by Crippen LogP contribution is 2.27. The van der Waals surface area contributed by atoms with E-state index >= 15 is 0 Å². The molecule has 0 saturated heterocycles. The number of hydrogen-bond acceptors (Lipinski definition) is 3. The van der Waals surface area contributed by atoms with Crippen LogP contribution in [0.1, 0.15) is 15.9 Å². The number of rotatable bonds is 5. The first-order valence-corrected chi connectivity index (χ1v) is 10.2. The summed E-state index contributed by atoms with van der Waals surface area (Å²) in [5, 5.41) is 2.08. The zero-order chi connectivity index (χ0) is 21.2. The predicted octanol–water partition coefficient (Wildman–Crippen LogP) is 4.98. The van der Waals surface area contributed by atoms with Crippen molar-refractivity contribution < 1.29 is 22.0 Å². The van der Waals surface area contributed by atoms with Crippen LogP contribution in [0.5, 0.6) is 0 Å². The predicted molar refractivity (Wildman–Crippen MR) is 108 cm³/mol. The van der Waals surface area contributed by atoms with Gasteiger partial charge in [0.05, 0.1) is 15.6 Å². The van der Waals surface area contributed by atoms with Gasteiger partial charge in [0, 0.05) is 5.56 Å². The number of anilines is 2. The van der Waals surface area contributed by atoms with Gasteiger partial charge in [0.1, 0.15) is 17.3 Å². The van der Waals surface area contributed by atoms with E-state index in [9.17, 15) is 22.0 Å². The maximum absolute atomic E-state index is 13.7. The fraction of sp³-hybridized carbons (Fsp3) is 0.0500. The van der Waals surface area contributed by atoms with Gasteiger partial charge >= 0.3 is 0 Å². The van der Waals surface area contributed by atoms with Crippen molar-refractivity contribution in [2.75, 3.05) is 10.0 Å². The molecule has 9 heteroatoms. The van der Waals surface area contributed by atoms with E-state index in [1.807, 2.05) is 6.92 Å². The van der Waals surface area contributed by atoms with E-state index in [0.29, 0.717) is 0 Å². The van der Waals surface area contributed by atoms with Crippen LogP contribution in [0.25, 0.3) is 0 Å². The Morgan fingerprint density at radius 1 is 0.966 bits per heavy atom. The number of carbonyl (C=O) groups excluding carboxylic acids is 1. The molecule has 3 aromatic rings. The third-order valence-electron chi connectivity index (χ3n) is 4.01. The smallest absolute Gasteiger partial charge is 0.261 e. The van der Waals surface area contributed by atoms with Crippen molar-refractivity contribution in [2.45, 2.75) is 11.8 Å². The Hall–Kier alpha value is -2.97. The molecular formula is C20H15ClF2N2O3S. The fourth-order valence-corrected chi connectivity index (χ4v) is 3.83. The minimum atomic E-state index is -3.88. The first-order valence-electron chi connectivity index (χ1n) is 8.32. The van der Waals surface area contributed by atoms with Crippen LogP contribution in [0.3, 0.4) is 0 Å². The molecule has 0 heterocycles. The number of aryl methyl sites for hydroxylation is 1. The zero-order valence-corrected chi connectivity index (χ0v) is 16.6. The average Bonchev–Trinajstić information content (AvgIpc) is 2.66. The molecule has 0 radical (unpaired) electrons. The molecule has 0 unspecified atom stereocenters. The van der Waals surface area contributed by atoms with Crippen LogP contribution in [0, 0.1) is 18.6 Å². The summed E-state index contributed by atoms with van der Waals surface area (Å²) in [7, 11) is -3.88. The van der Waals surface area contributed by atoms with E-state index in [4.69, 9.17) is 11.6 Å². The number of para-hydroxylation sites is 1. The Bertz CT molecular complexity index is 1160. The first kappa shape index (κ1) is 20.8. The molecule has 0 aliphatic heterocycles. The molecule has 5 nitrogen and oxygen atoms in total. The van der Waals surface area contributed by atoms with Crippen LogP contribution >= 0.6 is 11.6 Å². The minimum absolute atomic E-state index is 0.00376. The van der Waals surface area contributed by atoms with Crippen molar-refractivity contribution >= 4 is 38.9 Å². The molecule has 3 aromatic carbocycles. The number of carbonyl (C=O) groups is 1. The summed E-state index contributed by atoms with van der Waals surface area (Å²) in [6.07, 6.45) is 0. The second-order valence-corrected chi connectivity index (χ2v) is 8.25. The molecule has 150 valence electrons. The lowest BCUT2D eigenvalue weighted by Gasteiger charge is -2.12. The minimum Gasteiger partial charge on any atom is -0.317 e. The van der Waals surface area contributed by atoms with Crippen LogP contribution < -0.4 is 10.0 Å². The molecule has 0 aliphatic carbocycles. The average molecular weight is 437 g/mol.